The van der Waals surface area contributed by atoms with Gasteiger partial charge in [0.2, 0.25) is 5.72 Å². The SMILES string of the molecule is COc1ccc(CC(F)C(O)(C(F)F)N2CSC3OCC(O)C(O)C32)cc1. The summed E-state index contributed by atoms with van der Waals surface area (Å²) < 4.78 is 53.0. The number of nitrogens with zero attached hydrogens (tertiary/aromatic N) is 1. The molecule has 2 saturated heterocycles. The third kappa shape index (κ3) is 3.79. The monoisotopic (exact) mass is 409 g/mol. The van der Waals surface area contributed by atoms with Crippen LogP contribution in [0.5, 0.6) is 5.75 Å². The molecule has 0 bridgehead atoms. The number of fused-ring (bicyclic) bond motifs is 1. The minimum Gasteiger partial charge on any atom is -0.497 e. The van der Waals surface area contributed by atoms with Crippen molar-refractivity contribution in [3.63, 3.8) is 0 Å². The van der Waals surface area contributed by atoms with E-state index in [1.165, 1.54) is 19.2 Å². The topological polar surface area (TPSA) is 82.4 Å². The molecule has 6 unspecified atom stereocenters. The van der Waals surface area contributed by atoms with Gasteiger partial charge < -0.3 is 24.8 Å². The highest BCUT2D eigenvalue weighted by Crippen LogP contribution is 2.43. The molecule has 0 aromatic heterocycles. The maximum atomic E-state index is 15.0. The second kappa shape index (κ2) is 8.14. The number of rotatable bonds is 6. The maximum absolute atomic E-state index is 15.0. The molecule has 2 aliphatic rings. The molecule has 0 amide bonds. The second-order valence-electron chi connectivity index (χ2n) is 6.62. The zero-order chi connectivity index (χ0) is 19.8. The van der Waals surface area contributed by atoms with Crippen LogP contribution in [0.15, 0.2) is 24.3 Å². The van der Waals surface area contributed by atoms with E-state index in [0.717, 1.165) is 16.7 Å². The molecule has 2 aliphatic heterocycles. The van der Waals surface area contributed by atoms with Gasteiger partial charge in [0.05, 0.1) is 25.6 Å². The van der Waals surface area contributed by atoms with Crippen molar-refractivity contribution in [2.45, 2.75) is 48.4 Å². The fraction of sp³-hybridized carbons (Fsp3) is 0.647. The molecular weight excluding hydrogens is 387 g/mol. The Morgan fingerprint density at radius 3 is 2.56 bits per heavy atom. The summed E-state index contributed by atoms with van der Waals surface area (Å²) in [5.74, 6) is 0.372. The van der Waals surface area contributed by atoms with Gasteiger partial charge in [0.15, 0.2) is 6.17 Å². The molecule has 3 N–H and O–H groups in total. The summed E-state index contributed by atoms with van der Waals surface area (Å²) >= 11 is 1.07. The summed E-state index contributed by atoms with van der Waals surface area (Å²) in [5.41, 5.74) is -3.46. The molecule has 0 saturated carbocycles. The van der Waals surface area contributed by atoms with Gasteiger partial charge in [-0.05, 0) is 17.7 Å². The van der Waals surface area contributed by atoms with Crippen molar-refractivity contribution in [1.82, 2.24) is 4.90 Å². The van der Waals surface area contributed by atoms with Gasteiger partial charge >= 0.3 is 0 Å². The molecule has 2 fully saturated rings. The van der Waals surface area contributed by atoms with Gasteiger partial charge in [-0.15, -0.1) is 11.8 Å². The lowest BCUT2D eigenvalue weighted by atomic mass is 9.94. The second-order valence-corrected chi connectivity index (χ2v) is 7.68. The molecule has 152 valence electrons. The lowest BCUT2D eigenvalue weighted by molar-refractivity contribution is -0.258. The fourth-order valence-corrected chi connectivity index (χ4v) is 4.77. The number of hydrogen-bond acceptors (Lipinski definition) is 7. The molecule has 6 nitrogen and oxygen atoms in total. The Morgan fingerprint density at radius 2 is 1.96 bits per heavy atom. The first-order valence-corrected chi connectivity index (χ1v) is 9.47. The number of aliphatic hydroxyl groups is 3. The van der Waals surface area contributed by atoms with E-state index in [1.807, 2.05) is 0 Å². The number of alkyl halides is 3. The number of aliphatic hydroxyl groups excluding tert-OH is 2. The van der Waals surface area contributed by atoms with Crippen molar-refractivity contribution >= 4 is 11.8 Å². The lowest BCUT2D eigenvalue weighted by Gasteiger charge is -2.45. The van der Waals surface area contributed by atoms with E-state index in [4.69, 9.17) is 9.47 Å². The fourth-order valence-electron chi connectivity index (χ4n) is 3.40. The molecule has 0 spiro atoms. The number of hydrogen-bond donors (Lipinski definition) is 3. The summed E-state index contributed by atoms with van der Waals surface area (Å²) in [7, 11) is 1.47. The molecular formula is C17H22F3NO5S. The highest BCUT2D eigenvalue weighted by atomic mass is 32.2. The number of benzene rings is 1. The van der Waals surface area contributed by atoms with Crippen LogP contribution >= 0.6 is 11.8 Å². The van der Waals surface area contributed by atoms with E-state index >= 15 is 4.39 Å². The van der Waals surface area contributed by atoms with E-state index in [0.29, 0.717) is 11.3 Å². The van der Waals surface area contributed by atoms with E-state index in [-0.39, 0.29) is 12.5 Å². The standard InChI is InChI=1S/C17H22F3NO5S/c1-25-10-4-2-9(3-5-10)6-12(18)17(24,16(19)20)21-8-27-15-13(21)14(23)11(22)7-26-15/h2-5,11-16,22-24H,6-8H2,1H3. The maximum Gasteiger partial charge on any atom is 0.283 e. The van der Waals surface area contributed by atoms with E-state index in [9.17, 15) is 24.1 Å². The van der Waals surface area contributed by atoms with Crippen LogP contribution in [0.4, 0.5) is 13.2 Å². The van der Waals surface area contributed by atoms with Crippen LogP contribution in [0, 0.1) is 0 Å². The Hall–Kier alpha value is -1.04. The Morgan fingerprint density at radius 1 is 1.30 bits per heavy atom. The van der Waals surface area contributed by atoms with Crippen LogP contribution in [0.2, 0.25) is 0 Å². The number of methoxy groups -OCH3 is 1. The largest absolute Gasteiger partial charge is 0.497 e. The summed E-state index contributed by atoms with van der Waals surface area (Å²) in [5, 5.41) is 30.7. The van der Waals surface area contributed by atoms with Crippen molar-refractivity contribution in [1.29, 1.82) is 0 Å². The summed E-state index contributed by atoms with van der Waals surface area (Å²) in [6.07, 6.45) is -8.96. The zero-order valence-electron chi connectivity index (χ0n) is 14.5. The minimum absolute atomic E-state index is 0.152. The lowest BCUT2D eigenvalue weighted by Crippen LogP contribution is -2.67. The average Bonchev–Trinajstić information content (AvgIpc) is 3.09. The van der Waals surface area contributed by atoms with Crippen LogP contribution in [0.3, 0.4) is 0 Å². The number of thioether (sulfide) groups is 1. The smallest absolute Gasteiger partial charge is 0.283 e. The average molecular weight is 409 g/mol. The van der Waals surface area contributed by atoms with Gasteiger partial charge in [-0.1, -0.05) is 12.1 Å². The first-order valence-electron chi connectivity index (χ1n) is 8.42. The molecule has 27 heavy (non-hydrogen) atoms. The van der Waals surface area contributed by atoms with Gasteiger partial charge in [0.25, 0.3) is 6.43 Å². The molecule has 1 aromatic carbocycles. The van der Waals surface area contributed by atoms with Gasteiger partial charge in [0, 0.05) is 6.42 Å². The first-order chi connectivity index (χ1) is 12.8. The van der Waals surface area contributed by atoms with Crippen molar-refractivity contribution in [3.8, 4) is 5.75 Å². The Bertz CT molecular complexity index is 639. The minimum atomic E-state index is -3.43. The molecule has 10 heteroatoms. The highest BCUT2D eigenvalue weighted by molar-refractivity contribution is 8.00. The first kappa shape index (κ1) is 20.7. The molecule has 1 aromatic rings. The third-order valence-electron chi connectivity index (χ3n) is 5.01. The van der Waals surface area contributed by atoms with Gasteiger partial charge in [-0.2, -0.15) is 0 Å². The molecule has 0 aliphatic carbocycles. The molecule has 0 radical (unpaired) electrons. The Labute approximate surface area is 158 Å². The van der Waals surface area contributed by atoms with E-state index in [2.05, 4.69) is 0 Å². The van der Waals surface area contributed by atoms with Crippen molar-refractivity contribution in [2.24, 2.45) is 0 Å². The predicted octanol–water partition coefficient (Wildman–Crippen LogP) is 0.982. The number of ether oxygens (including phenoxy) is 2. The molecule has 2 heterocycles. The van der Waals surface area contributed by atoms with Crippen LogP contribution in [0.1, 0.15) is 5.56 Å². The van der Waals surface area contributed by atoms with Gasteiger partial charge in [-0.25, -0.2) is 18.1 Å². The van der Waals surface area contributed by atoms with Gasteiger partial charge in [-0.3, -0.25) is 0 Å². The van der Waals surface area contributed by atoms with Crippen LogP contribution in [0.25, 0.3) is 0 Å². The van der Waals surface area contributed by atoms with Crippen LogP contribution in [-0.2, 0) is 11.2 Å². The van der Waals surface area contributed by atoms with Crippen LogP contribution in [-0.4, -0.2) is 81.8 Å². The third-order valence-corrected chi connectivity index (χ3v) is 6.18. The van der Waals surface area contributed by atoms with Gasteiger partial charge in [0.1, 0.15) is 23.4 Å². The van der Waals surface area contributed by atoms with Crippen molar-refractivity contribution in [3.05, 3.63) is 29.8 Å². The normalized spacial score (nSPS) is 32.1. The quantitative estimate of drug-likeness (QED) is 0.646. The Kier molecular flexibility index (Phi) is 6.24. The summed E-state index contributed by atoms with van der Waals surface area (Å²) in [4.78, 5) is 0.814. The van der Waals surface area contributed by atoms with E-state index in [1.54, 1.807) is 12.1 Å². The molecule has 6 atom stereocenters. The van der Waals surface area contributed by atoms with Crippen molar-refractivity contribution in [2.75, 3.05) is 19.6 Å². The van der Waals surface area contributed by atoms with Crippen molar-refractivity contribution < 1.29 is 38.0 Å². The summed E-state index contributed by atoms with van der Waals surface area (Å²) in [6.45, 7) is -0.152. The summed E-state index contributed by atoms with van der Waals surface area (Å²) in [6, 6.07) is 5.05. The Balaban J connectivity index is 1.83. The highest BCUT2D eigenvalue weighted by Gasteiger charge is 2.60. The predicted molar refractivity (Wildman–Crippen MR) is 92.4 cm³/mol. The molecule has 3 rings (SSSR count). The van der Waals surface area contributed by atoms with E-state index < -0.39 is 48.4 Å². The van der Waals surface area contributed by atoms with Crippen LogP contribution < -0.4 is 4.74 Å². The zero-order valence-corrected chi connectivity index (χ0v) is 15.4. The number of halogens is 3.